The first kappa shape index (κ1) is 21.1. The van der Waals surface area contributed by atoms with Crippen LogP contribution in [0.4, 0.5) is 9.18 Å². The van der Waals surface area contributed by atoms with Crippen molar-refractivity contribution in [2.45, 2.75) is 26.9 Å². The van der Waals surface area contributed by atoms with Crippen molar-refractivity contribution in [2.75, 3.05) is 19.7 Å². The fraction of sp³-hybridized carbons (Fsp3) is 0.400. The highest BCUT2D eigenvalue weighted by Gasteiger charge is 2.32. The standard InChI is InChI=1S/C20H24ClFN4O3/c1-20(2,11-27)10-24-19(29)25-6-7-26-14(9-25)16(18(23)28)15(17(26)21)12-4-3-5-13(22)8-12/h3-5,8,27H,6-7,9-11H2,1-2H3,(H2,23,28)(H,24,29). The summed E-state index contributed by atoms with van der Waals surface area (Å²) in [5.74, 6) is -1.14. The average Bonchev–Trinajstić information content (AvgIpc) is 2.98. The van der Waals surface area contributed by atoms with Crippen LogP contribution in [0.5, 0.6) is 0 Å². The number of benzene rings is 1. The molecular weight excluding hydrogens is 399 g/mol. The van der Waals surface area contributed by atoms with Crippen molar-refractivity contribution in [1.29, 1.82) is 0 Å². The number of aliphatic hydroxyl groups is 1. The van der Waals surface area contributed by atoms with Gasteiger partial charge >= 0.3 is 6.03 Å². The third-order valence-corrected chi connectivity index (χ3v) is 5.43. The van der Waals surface area contributed by atoms with E-state index < -0.39 is 17.1 Å². The summed E-state index contributed by atoms with van der Waals surface area (Å²) in [6.07, 6.45) is 0. The smallest absolute Gasteiger partial charge is 0.317 e. The molecule has 0 radical (unpaired) electrons. The SMILES string of the molecule is CC(C)(CO)CNC(=O)N1CCn2c(Cl)c(-c3cccc(F)c3)c(C(N)=O)c2C1. The Labute approximate surface area is 173 Å². The first-order chi connectivity index (χ1) is 13.6. The van der Waals surface area contributed by atoms with Crippen molar-refractivity contribution >= 4 is 23.5 Å². The second kappa shape index (κ2) is 8.04. The lowest BCUT2D eigenvalue weighted by atomic mass is 9.95. The van der Waals surface area contributed by atoms with Crippen LogP contribution in [0, 0.1) is 11.2 Å². The van der Waals surface area contributed by atoms with Gasteiger partial charge in [0.05, 0.1) is 17.8 Å². The van der Waals surface area contributed by atoms with Crippen LogP contribution in [0.25, 0.3) is 11.1 Å². The second-order valence-corrected chi connectivity index (χ2v) is 8.27. The lowest BCUT2D eigenvalue weighted by molar-refractivity contribution is 0.0997. The summed E-state index contributed by atoms with van der Waals surface area (Å²) in [5, 5.41) is 12.4. The monoisotopic (exact) mass is 422 g/mol. The number of carbonyl (C=O) groups excluding carboxylic acids is 2. The number of nitrogens with zero attached hydrogens (tertiary/aromatic N) is 2. The van der Waals surface area contributed by atoms with E-state index >= 15 is 0 Å². The molecule has 3 rings (SSSR count). The zero-order chi connectivity index (χ0) is 21.3. The molecule has 9 heteroatoms. The number of urea groups is 1. The number of rotatable bonds is 5. The van der Waals surface area contributed by atoms with E-state index in [1.807, 2.05) is 13.8 Å². The van der Waals surface area contributed by atoms with Crippen molar-refractivity contribution in [3.63, 3.8) is 0 Å². The number of amides is 3. The topological polar surface area (TPSA) is 101 Å². The Balaban J connectivity index is 1.93. The van der Waals surface area contributed by atoms with Crippen LogP contribution < -0.4 is 11.1 Å². The molecule has 0 aliphatic carbocycles. The number of aromatic nitrogens is 1. The quantitative estimate of drug-likeness (QED) is 0.690. The molecule has 1 aliphatic heterocycles. The molecule has 7 nitrogen and oxygen atoms in total. The molecule has 2 heterocycles. The summed E-state index contributed by atoms with van der Waals surface area (Å²) in [5.41, 5.74) is 6.71. The average molecular weight is 423 g/mol. The molecule has 156 valence electrons. The Bertz CT molecular complexity index is 957. The maximum atomic E-state index is 13.7. The van der Waals surface area contributed by atoms with Crippen molar-refractivity contribution in [1.82, 2.24) is 14.8 Å². The predicted molar refractivity (Wildman–Crippen MR) is 108 cm³/mol. The zero-order valence-electron chi connectivity index (χ0n) is 16.3. The molecule has 0 unspecified atom stereocenters. The van der Waals surface area contributed by atoms with Crippen LogP contribution in [0.15, 0.2) is 24.3 Å². The number of aliphatic hydroxyl groups excluding tert-OH is 1. The summed E-state index contributed by atoms with van der Waals surface area (Å²) >= 11 is 6.53. The number of nitrogens with one attached hydrogen (secondary N) is 1. The minimum atomic E-state index is -0.691. The third kappa shape index (κ3) is 4.23. The molecule has 3 amide bonds. The minimum absolute atomic E-state index is 0.0610. The molecule has 2 aromatic rings. The Kier molecular flexibility index (Phi) is 5.86. The summed E-state index contributed by atoms with van der Waals surface area (Å²) in [4.78, 5) is 26.4. The molecule has 29 heavy (non-hydrogen) atoms. The number of primary amides is 1. The van der Waals surface area contributed by atoms with Crippen LogP contribution in [0.3, 0.4) is 0 Å². The van der Waals surface area contributed by atoms with Gasteiger partial charge in [-0.15, -0.1) is 0 Å². The molecule has 1 aromatic heterocycles. The van der Waals surface area contributed by atoms with Crippen molar-refractivity contribution in [3.05, 3.63) is 46.5 Å². The van der Waals surface area contributed by atoms with Gasteiger partial charge in [-0.3, -0.25) is 4.79 Å². The van der Waals surface area contributed by atoms with Gasteiger partial charge in [-0.05, 0) is 17.7 Å². The molecule has 0 saturated carbocycles. The third-order valence-electron chi connectivity index (χ3n) is 5.03. The highest BCUT2D eigenvalue weighted by molar-refractivity contribution is 6.33. The summed E-state index contributed by atoms with van der Waals surface area (Å²) in [6.45, 7) is 4.81. The van der Waals surface area contributed by atoms with Crippen LogP contribution in [-0.2, 0) is 13.1 Å². The number of hydrogen-bond donors (Lipinski definition) is 3. The lowest BCUT2D eigenvalue weighted by Gasteiger charge is -2.31. The molecule has 1 aliphatic rings. The Morgan fingerprint density at radius 1 is 1.34 bits per heavy atom. The minimum Gasteiger partial charge on any atom is -0.396 e. The number of fused-ring (bicyclic) bond motifs is 1. The fourth-order valence-corrected chi connectivity index (χ4v) is 3.73. The molecule has 0 atom stereocenters. The van der Waals surface area contributed by atoms with Gasteiger partial charge in [-0.1, -0.05) is 37.6 Å². The van der Waals surface area contributed by atoms with E-state index in [0.29, 0.717) is 41.6 Å². The van der Waals surface area contributed by atoms with Crippen molar-refractivity contribution < 1.29 is 19.1 Å². The number of hydrogen-bond acceptors (Lipinski definition) is 3. The summed E-state index contributed by atoms with van der Waals surface area (Å²) in [6, 6.07) is 5.48. The molecule has 1 aromatic carbocycles. The van der Waals surface area contributed by atoms with E-state index in [9.17, 15) is 19.1 Å². The predicted octanol–water partition coefficient (Wildman–Crippen LogP) is 2.59. The number of carbonyl (C=O) groups is 2. The molecule has 0 fully saturated rings. The molecule has 4 N–H and O–H groups in total. The van der Waals surface area contributed by atoms with Gasteiger partial charge in [0.2, 0.25) is 0 Å². The van der Waals surface area contributed by atoms with Gasteiger partial charge < -0.3 is 25.6 Å². The first-order valence-electron chi connectivity index (χ1n) is 9.25. The second-order valence-electron chi connectivity index (χ2n) is 7.92. The van der Waals surface area contributed by atoms with Gasteiger partial charge in [0, 0.05) is 37.2 Å². The maximum Gasteiger partial charge on any atom is 0.317 e. The van der Waals surface area contributed by atoms with Crippen molar-refractivity contribution in [2.24, 2.45) is 11.1 Å². The summed E-state index contributed by atoms with van der Waals surface area (Å²) < 4.78 is 15.5. The van der Waals surface area contributed by atoms with Crippen LogP contribution in [-0.4, -0.2) is 46.2 Å². The Hall–Kier alpha value is -2.58. The Morgan fingerprint density at radius 3 is 2.69 bits per heavy atom. The van der Waals surface area contributed by atoms with Crippen LogP contribution in [0.1, 0.15) is 29.9 Å². The normalized spacial score (nSPS) is 13.9. The largest absolute Gasteiger partial charge is 0.396 e. The first-order valence-corrected chi connectivity index (χ1v) is 9.62. The molecule has 0 saturated heterocycles. The number of nitrogens with two attached hydrogens (primary N) is 1. The number of halogens is 2. The van der Waals surface area contributed by atoms with Crippen molar-refractivity contribution in [3.8, 4) is 11.1 Å². The molecular formula is C20H24ClFN4O3. The van der Waals surface area contributed by atoms with Gasteiger partial charge in [-0.2, -0.15) is 0 Å². The molecule has 0 spiro atoms. The van der Waals surface area contributed by atoms with Crippen LogP contribution >= 0.6 is 11.6 Å². The fourth-order valence-electron chi connectivity index (χ4n) is 3.34. The highest BCUT2D eigenvalue weighted by atomic mass is 35.5. The van der Waals surface area contributed by atoms with E-state index in [-0.39, 0.29) is 24.7 Å². The van der Waals surface area contributed by atoms with Gasteiger partial charge in [-0.25, -0.2) is 9.18 Å². The van der Waals surface area contributed by atoms with E-state index in [1.54, 1.807) is 15.5 Å². The molecule has 0 bridgehead atoms. The van der Waals surface area contributed by atoms with E-state index in [4.69, 9.17) is 17.3 Å². The van der Waals surface area contributed by atoms with Gasteiger partial charge in [0.1, 0.15) is 11.0 Å². The maximum absolute atomic E-state index is 13.7. The zero-order valence-corrected chi connectivity index (χ0v) is 17.1. The Morgan fingerprint density at radius 2 is 2.07 bits per heavy atom. The van der Waals surface area contributed by atoms with Gasteiger partial charge in [0.25, 0.3) is 5.91 Å². The lowest BCUT2D eigenvalue weighted by Crippen LogP contribution is -2.47. The summed E-state index contributed by atoms with van der Waals surface area (Å²) in [7, 11) is 0. The van der Waals surface area contributed by atoms with E-state index in [0.717, 1.165) is 0 Å². The van der Waals surface area contributed by atoms with E-state index in [1.165, 1.54) is 18.2 Å². The highest BCUT2D eigenvalue weighted by Crippen LogP contribution is 2.38. The van der Waals surface area contributed by atoms with Gasteiger partial charge in [0.15, 0.2) is 0 Å². The van der Waals surface area contributed by atoms with Crippen LogP contribution in [0.2, 0.25) is 5.15 Å². The van der Waals surface area contributed by atoms with E-state index in [2.05, 4.69) is 5.32 Å².